The molecular weight excluding hydrogens is 204 g/mol. The van der Waals surface area contributed by atoms with Crippen LogP contribution in [0.4, 0.5) is 0 Å². The molecule has 4 heteroatoms. The minimum absolute atomic E-state index is 0.136. The molecule has 0 atom stereocenters. The summed E-state index contributed by atoms with van der Waals surface area (Å²) in [6.07, 6.45) is 3.44. The van der Waals surface area contributed by atoms with Gasteiger partial charge >= 0.3 is 0 Å². The van der Waals surface area contributed by atoms with Gasteiger partial charge in [-0.05, 0) is 43.9 Å². The first kappa shape index (κ1) is 11.2. The second kappa shape index (κ2) is 4.29. The lowest BCUT2D eigenvalue weighted by atomic mass is 9.69. The van der Waals surface area contributed by atoms with E-state index >= 15 is 0 Å². The second-order valence-corrected chi connectivity index (χ2v) is 4.65. The maximum Gasteiger partial charge on any atom is 0.287 e. The molecule has 0 radical (unpaired) electrons. The largest absolute Gasteiger partial charge is 0.456 e. The molecule has 3 N–H and O–H groups in total. The number of furan rings is 1. The molecule has 1 aliphatic carbocycles. The van der Waals surface area contributed by atoms with Gasteiger partial charge < -0.3 is 15.5 Å². The van der Waals surface area contributed by atoms with Gasteiger partial charge in [0.1, 0.15) is 5.76 Å². The zero-order valence-corrected chi connectivity index (χ0v) is 9.58. The average molecular weight is 222 g/mol. The van der Waals surface area contributed by atoms with E-state index < -0.39 is 0 Å². The van der Waals surface area contributed by atoms with Gasteiger partial charge in [0, 0.05) is 6.54 Å². The SMILES string of the molecule is Cc1ccc(C(=O)NCC2(CN)CCC2)o1. The normalized spacial score (nSPS) is 17.9. The average Bonchev–Trinajstić information content (AvgIpc) is 2.64. The summed E-state index contributed by atoms with van der Waals surface area (Å²) in [6, 6.07) is 3.48. The predicted octanol–water partition coefficient (Wildman–Crippen LogP) is 1.45. The maximum absolute atomic E-state index is 11.7. The Balaban J connectivity index is 1.88. The van der Waals surface area contributed by atoms with Crippen LogP contribution in [0.2, 0.25) is 0 Å². The lowest BCUT2D eigenvalue weighted by Crippen LogP contribution is -2.46. The first-order valence-corrected chi connectivity index (χ1v) is 5.70. The Morgan fingerprint density at radius 1 is 1.56 bits per heavy atom. The van der Waals surface area contributed by atoms with E-state index in [1.807, 2.05) is 6.92 Å². The monoisotopic (exact) mass is 222 g/mol. The fourth-order valence-electron chi connectivity index (χ4n) is 2.04. The molecule has 16 heavy (non-hydrogen) atoms. The van der Waals surface area contributed by atoms with Crippen LogP contribution in [0.1, 0.15) is 35.6 Å². The smallest absolute Gasteiger partial charge is 0.287 e. The van der Waals surface area contributed by atoms with Crippen molar-refractivity contribution in [3.8, 4) is 0 Å². The van der Waals surface area contributed by atoms with E-state index in [1.165, 1.54) is 6.42 Å². The number of hydrogen-bond acceptors (Lipinski definition) is 3. The Kier molecular flexibility index (Phi) is 3.01. The highest BCUT2D eigenvalue weighted by atomic mass is 16.3. The quantitative estimate of drug-likeness (QED) is 0.810. The van der Waals surface area contributed by atoms with Crippen LogP contribution in [0.15, 0.2) is 16.5 Å². The number of nitrogens with one attached hydrogen (secondary N) is 1. The molecule has 0 aliphatic heterocycles. The topological polar surface area (TPSA) is 68.3 Å². The third-order valence-corrected chi connectivity index (χ3v) is 3.44. The van der Waals surface area contributed by atoms with Gasteiger partial charge in [-0.2, -0.15) is 0 Å². The van der Waals surface area contributed by atoms with Gasteiger partial charge in [-0.15, -0.1) is 0 Å². The van der Waals surface area contributed by atoms with Crippen molar-refractivity contribution in [2.45, 2.75) is 26.2 Å². The lowest BCUT2D eigenvalue weighted by molar-refractivity contribution is 0.0849. The van der Waals surface area contributed by atoms with Gasteiger partial charge in [0.15, 0.2) is 5.76 Å². The highest BCUT2D eigenvalue weighted by molar-refractivity contribution is 5.91. The predicted molar refractivity (Wildman–Crippen MR) is 61.1 cm³/mol. The number of carbonyl (C=O) groups excluding carboxylic acids is 1. The third kappa shape index (κ3) is 2.11. The molecule has 1 aromatic rings. The van der Waals surface area contributed by atoms with Crippen LogP contribution < -0.4 is 11.1 Å². The molecule has 1 aliphatic rings. The van der Waals surface area contributed by atoms with Crippen molar-refractivity contribution in [1.82, 2.24) is 5.32 Å². The first-order valence-electron chi connectivity index (χ1n) is 5.70. The summed E-state index contributed by atoms with van der Waals surface area (Å²) < 4.78 is 5.25. The van der Waals surface area contributed by atoms with Gasteiger partial charge in [0.2, 0.25) is 0 Å². The summed E-state index contributed by atoms with van der Waals surface area (Å²) >= 11 is 0. The number of rotatable bonds is 4. The van der Waals surface area contributed by atoms with Crippen molar-refractivity contribution < 1.29 is 9.21 Å². The summed E-state index contributed by atoms with van der Waals surface area (Å²) in [7, 11) is 0. The van der Waals surface area contributed by atoms with Gasteiger partial charge in [-0.3, -0.25) is 4.79 Å². The molecular formula is C12H18N2O2. The van der Waals surface area contributed by atoms with E-state index in [-0.39, 0.29) is 11.3 Å². The van der Waals surface area contributed by atoms with Crippen molar-refractivity contribution >= 4 is 5.91 Å². The van der Waals surface area contributed by atoms with Crippen LogP contribution in [0, 0.1) is 12.3 Å². The molecule has 0 spiro atoms. The Bertz CT molecular complexity index is 375. The molecule has 4 nitrogen and oxygen atoms in total. The molecule has 0 aromatic carbocycles. The molecule has 1 amide bonds. The Hall–Kier alpha value is -1.29. The van der Waals surface area contributed by atoms with E-state index in [0.29, 0.717) is 18.8 Å². The van der Waals surface area contributed by atoms with E-state index in [1.54, 1.807) is 12.1 Å². The van der Waals surface area contributed by atoms with Gasteiger partial charge in [-0.25, -0.2) is 0 Å². The molecule has 2 rings (SSSR count). The number of aryl methyl sites for hydroxylation is 1. The van der Waals surface area contributed by atoms with Gasteiger partial charge in [0.25, 0.3) is 5.91 Å². The number of hydrogen-bond donors (Lipinski definition) is 2. The zero-order valence-electron chi connectivity index (χ0n) is 9.58. The highest BCUT2D eigenvalue weighted by Crippen LogP contribution is 2.39. The number of amides is 1. The third-order valence-electron chi connectivity index (χ3n) is 3.44. The van der Waals surface area contributed by atoms with Crippen molar-refractivity contribution in [1.29, 1.82) is 0 Å². The van der Waals surface area contributed by atoms with Crippen molar-refractivity contribution in [2.75, 3.05) is 13.1 Å². The second-order valence-electron chi connectivity index (χ2n) is 4.65. The van der Waals surface area contributed by atoms with Crippen molar-refractivity contribution in [3.05, 3.63) is 23.7 Å². The minimum atomic E-state index is -0.146. The van der Waals surface area contributed by atoms with Crippen LogP contribution in [0.3, 0.4) is 0 Å². The minimum Gasteiger partial charge on any atom is -0.456 e. The Morgan fingerprint density at radius 3 is 2.75 bits per heavy atom. The molecule has 0 bridgehead atoms. The fourth-order valence-corrected chi connectivity index (χ4v) is 2.04. The van der Waals surface area contributed by atoms with Crippen LogP contribution in [0.5, 0.6) is 0 Å². The molecule has 0 saturated heterocycles. The Labute approximate surface area is 95.2 Å². The van der Waals surface area contributed by atoms with Crippen molar-refractivity contribution in [2.24, 2.45) is 11.1 Å². The summed E-state index contributed by atoms with van der Waals surface area (Å²) in [5, 5.41) is 2.89. The van der Waals surface area contributed by atoms with E-state index in [4.69, 9.17) is 10.2 Å². The van der Waals surface area contributed by atoms with E-state index in [9.17, 15) is 4.79 Å². The number of nitrogens with two attached hydrogens (primary N) is 1. The lowest BCUT2D eigenvalue weighted by Gasteiger charge is -2.40. The van der Waals surface area contributed by atoms with Crippen LogP contribution in [-0.4, -0.2) is 19.0 Å². The summed E-state index contributed by atoms with van der Waals surface area (Å²) in [4.78, 5) is 11.7. The summed E-state index contributed by atoms with van der Waals surface area (Å²) in [5.74, 6) is 0.985. The van der Waals surface area contributed by atoms with E-state index in [2.05, 4.69) is 5.32 Å². The highest BCUT2D eigenvalue weighted by Gasteiger charge is 2.35. The van der Waals surface area contributed by atoms with Gasteiger partial charge in [-0.1, -0.05) is 6.42 Å². The first-order chi connectivity index (χ1) is 7.65. The van der Waals surface area contributed by atoms with Crippen LogP contribution >= 0.6 is 0 Å². The standard InChI is InChI=1S/C12H18N2O2/c1-9-3-4-10(16-9)11(15)14-8-12(7-13)5-2-6-12/h3-4H,2,5-8,13H2,1H3,(H,14,15). The van der Waals surface area contributed by atoms with Crippen molar-refractivity contribution in [3.63, 3.8) is 0 Å². The number of carbonyl (C=O) groups is 1. The maximum atomic E-state index is 11.7. The van der Waals surface area contributed by atoms with Crippen LogP contribution in [0.25, 0.3) is 0 Å². The summed E-state index contributed by atoms with van der Waals surface area (Å²) in [6.45, 7) is 3.12. The molecule has 1 saturated carbocycles. The molecule has 0 unspecified atom stereocenters. The molecule has 1 heterocycles. The molecule has 88 valence electrons. The Morgan fingerprint density at radius 2 is 2.31 bits per heavy atom. The van der Waals surface area contributed by atoms with E-state index in [0.717, 1.165) is 18.6 Å². The zero-order chi connectivity index (χ0) is 11.6. The van der Waals surface area contributed by atoms with Crippen LogP contribution in [-0.2, 0) is 0 Å². The van der Waals surface area contributed by atoms with Gasteiger partial charge in [0.05, 0.1) is 0 Å². The fraction of sp³-hybridized carbons (Fsp3) is 0.583. The molecule has 1 fully saturated rings. The molecule has 1 aromatic heterocycles. The summed E-state index contributed by atoms with van der Waals surface area (Å²) in [5.41, 5.74) is 5.86.